The highest BCUT2D eigenvalue weighted by atomic mass is 32.2. The summed E-state index contributed by atoms with van der Waals surface area (Å²) in [5.74, 6) is 0.876. The predicted octanol–water partition coefficient (Wildman–Crippen LogP) is 2.43. The summed E-state index contributed by atoms with van der Waals surface area (Å²) >= 11 is 3.21. The predicted molar refractivity (Wildman–Crippen MR) is 103 cm³/mol. The van der Waals surface area contributed by atoms with Gasteiger partial charge in [0, 0.05) is 22.5 Å². The zero-order chi connectivity index (χ0) is 18.7. The molecule has 6 nitrogen and oxygen atoms in total. The minimum atomic E-state index is -0.688. The number of benzene rings is 1. The van der Waals surface area contributed by atoms with Crippen LogP contribution < -0.4 is 14.8 Å². The van der Waals surface area contributed by atoms with E-state index >= 15 is 0 Å². The summed E-state index contributed by atoms with van der Waals surface area (Å²) in [7, 11) is 4.42. The van der Waals surface area contributed by atoms with Gasteiger partial charge in [0.1, 0.15) is 17.5 Å². The van der Waals surface area contributed by atoms with Crippen LogP contribution >= 0.6 is 23.5 Å². The summed E-state index contributed by atoms with van der Waals surface area (Å²) < 4.78 is 15.2. The molecule has 0 spiro atoms. The van der Waals surface area contributed by atoms with Crippen LogP contribution in [0, 0.1) is 0 Å². The highest BCUT2D eigenvalue weighted by Gasteiger charge is 2.20. The first-order valence-electron chi connectivity index (χ1n) is 7.40. The average Bonchev–Trinajstić information content (AvgIpc) is 2.64. The van der Waals surface area contributed by atoms with Gasteiger partial charge in [0.05, 0.1) is 21.3 Å². The van der Waals surface area contributed by atoms with E-state index in [1.165, 1.54) is 13.2 Å². The molecule has 0 radical (unpaired) electrons. The molecule has 0 bridgehead atoms. The second-order valence-electron chi connectivity index (χ2n) is 4.80. The van der Waals surface area contributed by atoms with Gasteiger partial charge in [-0.3, -0.25) is 4.79 Å². The Labute approximate surface area is 156 Å². The Morgan fingerprint density at radius 1 is 1.24 bits per heavy atom. The second-order valence-corrected chi connectivity index (χ2v) is 7.06. The third-order valence-electron chi connectivity index (χ3n) is 3.14. The van der Waals surface area contributed by atoms with E-state index in [4.69, 9.17) is 14.2 Å². The van der Waals surface area contributed by atoms with E-state index in [1.54, 1.807) is 62.0 Å². The summed E-state index contributed by atoms with van der Waals surface area (Å²) in [5, 5.41) is 3.49. The average molecular weight is 386 g/mol. The molecule has 0 aliphatic heterocycles. The Kier molecular flexibility index (Phi) is 9.94. The number of esters is 1. The molecule has 138 valence electrons. The van der Waals surface area contributed by atoms with Gasteiger partial charge in [-0.1, -0.05) is 0 Å². The molecule has 1 aromatic carbocycles. The van der Waals surface area contributed by atoms with Gasteiger partial charge in [-0.25, -0.2) is 4.79 Å². The smallest absolute Gasteiger partial charge is 0.329 e. The Morgan fingerprint density at radius 2 is 2.00 bits per heavy atom. The standard InChI is InChI=1S/C17H23NO5S2/c1-21-13-6-7-15(22-2)12(9-13)5-8-16(19)18-14(17(20)23-3)10-25-11-24-4/h5-9,14H,10-11H2,1-4H3,(H,18,19)/b8-5-/t14-/m0/s1. The molecule has 1 N–H and O–H groups in total. The number of amides is 1. The normalized spacial score (nSPS) is 11.8. The van der Waals surface area contributed by atoms with Crippen LogP contribution in [0.4, 0.5) is 0 Å². The van der Waals surface area contributed by atoms with Gasteiger partial charge >= 0.3 is 5.97 Å². The minimum absolute atomic E-state index is 0.384. The van der Waals surface area contributed by atoms with Gasteiger partial charge in [-0.2, -0.15) is 11.8 Å². The van der Waals surface area contributed by atoms with Crippen LogP contribution in [0.5, 0.6) is 11.5 Å². The van der Waals surface area contributed by atoms with Crippen molar-refractivity contribution in [1.82, 2.24) is 5.32 Å². The van der Waals surface area contributed by atoms with E-state index in [-0.39, 0.29) is 5.91 Å². The van der Waals surface area contributed by atoms with Crippen LogP contribution in [-0.4, -0.2) is 56.3 Å². The van der Waals surface area contributed by atoms with Crippen molar-refractivity contribution in [2.75, 3.05) is 38.4 Å². The van der Waals surface area contributed by atoms with Crippen molar-refractivity contribution in [3.05, 3.63) is 29.8 Å². The highest BCUT2D eigenvalue weighted by Crippen LogP contribution is 2.25. The first-order chi connectivity index (χ1) is 12.0. The molecule has 0 unspecified atom stereocenters. The highest BCUT2D eigenvalue weighted by molar-refractivity contribution is 8.15. The van der Waals surface area contributed by atoms with Gasteiger partial charge in [-0.05, 0) is 30.5 Å². The number of carbonyl (C=O) groups excluding carboxylic acids is 2. The molecule has 0 fully saturated rings. The van der Waals surface area contributed by atoms with Gasteiger partial charge in [-0.15, -0.1) is 11.8 Å². The number of methoxy groups -OCH3 is 3. The van der Waals surface area contributed by atoms with Crippen molar-refractivity contribution in [2.24, 2.45) is 0 Å². The maximum atomic E-state index is 12.1. The molecule has 0 saturated heterocycles. The van der Waals surface area contributed by atoms with E-state index in [2.05, 4.69) is 5.32 Å². The van der Waals surface area contributed by atoms with E-state index in [9.17, 15) is 9.59 Å². The molecule has 1 amide bonds. The molecule has 0 saturated carbocycles. The summed E-state index contributed by atoms with van der Waals surface area (Å²) in [6, 6.07) is 4.60. The lowest BCUT2D eigenvalue weighted by Crippen LogP contribution is -2.42. The largest absolute Gasteiger partial charge is 0.497 e. The van der Waals surface area contributed by atoms with E-state index in [1.807, 2.05) is 6.26 Å². The maximum absolute atomic E-state index is 12.1. The maximum Gasteiger partial charge on any atom is 0.329 e. The van der Waals surface area contributed by atoms with Crippen molar-refractivity contribution in [2.45, 2.75) is 6.04 Å². The minimum Gasteiger partial charge on any atom is -0.497 e. The van der Waals surface area contributed by atoms with Crippen molar-refractivity contribution < 1.29 is 23.8 Å². The third-order valence-corrected chi connectivity index (χ3v) is 5.32. The van der Waals surface area contributed by atoms with Crippen LogP contribution in [0.3, 0.4) is 0 Å². The first kappa shape index (κ1) is 21.2. The van der Waals surface area contributed by atoms with Crippen LogP contribution in [0.1, 0.15) is 5.56 Å². The zero-order valence-electron chi connectivity index (χ0n) is 14.7. The Hall–Kier alpha value is -1.80. The Bertz CT molecular complexity index is 607. The molecule has 25 heavy (non-hydrogen) atoms. The quantitative estimate of drug-likeness (QED) is 0.287. The fourth-order valence-electron chi connectivity index (χ4n) is 1.92. The molecule has 0 aliphatic carbocycles. The lowest BCUT2D eigenvalue weighted by molar-refractivity contribution is -0.143. The lowest BCUT2D eigenvalue weighted by Gasteiger charge is -2.14. The number of hydrogen-bond donors (Lipinski definition) is 1. The van der Waals surface area contributed by atoms with Crippen molar-refractivity contribution in [3.8, 4) is 11.5 Å². The topological polar surface area (TPSA) is 73.9 Å². The summed E-state index contributed by atoms with van der Waals surface area (Å²) in [5.41, 5.74) is 0.698. The zero-order valence-corrected chi connectivity index (χ0v) is 16.4. The Morgan fingerprint density at radius 3 is 2.60 bits per heavy atom. The molecule has 1 atom stereocenters. The molecule has 1 rings (SSSR count). The van der Waals surface area contributed by atoms with Crippen molar-refractivity contribution in [1.29, 1.82) is 0 Å². The lowest BCUT2D eigenvalue weighted by atomic mass is 10.1. The molecule has 8 heteroatoms. The SMILES string of the molecule is COC(=O)[C@H](CSCSC)NC(=O)/C=C\c1cc(OC)ccc1OC. The molecule has 0 aromatic heterocycles. The third kappa shape index (κ3) is 7.31. The summed E-state index contributed by atoms with van der Waals surface area (Å²) in [6.45, 7) is 0. The van der Waals surface area contributed by atoms with E-state index < -0.39 is 12.0 Å². The van der Waals surface area contributed by atoms with Gasteiger partial charge in [0.25, 0.3) is 0 Å². The molecule has 0 aliphatic rings. The van der Waals surface area contributed by atoms with Crippen molar-refractivity contribution >= 4 is 41.5 Å². The number of carbonyl (C=O) groups is 2. The van der Waals surface area contributed by atoms with Crippen LogP contribution in [0.25, 0.3) is 6.08 Å². The molecule has 1 aromatic rings. The second kappa shape index (κ2) is 11.7. The van der Waals surface area contributed by atoms with Crippen molar-refractivity contribution in [3.63, 3.8) is 0 Å². The van der Waals surface area contributed by atoms with Crippen LogP contribution in [0.2, 0.25) is 0 Å². The fraction of sp³-hybridized carbons (Fsp3) is 0.412. The molecular weight excluding hydrogens is 362 g/mol. The first-order valence-corrected chi connectivity index (χ1v) is 9.95. The molecular formula is C17H23NO5S2. The van der Waals surface area contributed by atoms with Crippen LogP contribution in [0.15, 0.2) is 24.3 Å². The van der Waals surface area contributed by atoms with E-state index in [0.29, 0.717) is 22.8 Å². The van der Waals surface area contributed by atoms with Gasteiger partial charge in [0.15, 0.2) is 0 Å². The Balaban J connectivity index is 2.78. The molecule has 0 heterocycles. The van der Waals surface area contributed by atoms with E-state index in [0.717, 1.165) is 5.08 Å². The fourth-order valence-corrected chi connectivity index (χ4v) is 3.42. The van der Waals surface area contributed by atoms with Gasteiger partial charge in [0.2, 0.25) is 5.91 Å². The van der Waals surface area contributed by atoms with Gasteiger partial charge < -0.3 is 19.5 Å². The number of hydrogen-bond acceptors (Lipinski definition) is 7. The number of thioether (sulfide) groups is 2. The monoisotopic (exact) mass is 385 g/mol. The number of nitrogens with one attached hydrogen (secondary N) is 1. The number of ether oxygens (including phenoxy) is 3. The summed E-state index contributed by atoms with van der Waals surface area (Å²) in [4.78, 5) is 23.9. The number of rotatable bonds is 10. The summed E-state index contributed by atoms with van der Waals surface area (Å²) in [6.07, 6.45) is 4.94. The van der Waals surface area contributed by atoms with Crippen LogP contribution in [-0.2, 0) is 14.3 Å².